The molecule has 128 valence electrons. The average molecular weight is 382 g/mol. The Kier molecular flexibility index (Phi) is 3.28. The smallest absolute Gasteiger partial charge is 0.320 e. The highest BCUT2D eigenvalue weighted by Crippen LogP contribution is 2.46. The Morgan fingerprint density at radius 1 is 0.692 bits per heavy atom. The lowest BCUT2D eigenvalue weighted by molar-refractivity contribution is -0.114. The van der Waals surface area contributed by atoms with Crippen LogP contribution in [-0.4, -0.2) is 21.8 Å². The zero-order valence-electron chi connectivity index (χ0n) is 13.0. The van der Waals surface area contributed by atoms with Gasteiger partial charge in [-0.3, -0.25) is 9.59 Å². The summed E-state index contributed by atoms with van der Waals surface area (Å²) in [5.41, 5.74) is 2.29. The molecule has 2 aliphatic rings. The van der Waals surface area contributed by atoms with E-state index in [1.807, 2.05) is 24.3 Å². The van der Waals surface area contributed by atoms with Gasteiger partial charge in [-0.15, -0.1) is 0 Å². The lowest BCUT2D eigenvalue weighted by atomic mass is 10.2. The maximum absolute atomic E-state index is 12.6. The Bertz CT molecular complexity index is 1210. The maximum atomic E-state index is 12.6. The first-order chi connectivity index (χ1) is 12.6. The molecule has 9 heteroatoms. The summed E-state index contributed by atoms with van der Waals surface area (Å²) in [6.07, 6.45) is 0. The lowest BCUT2D eigenvalue weighted by Gasteiger charge is -2.24. The first-order valence-corrected chi connectivity index (χ1v) is 9.29. The van der Waals surface area contributed by atoms with Gasteiger partial charge < -0.3 is 20.6 Å². The summed E-state index contributed by atoms with van der Waals surface area (Å²) in [5.74, 6) is -0.636. The van der Waals surface area contributed by atoms with Crippen LogP contribution in [0.1, 0.15) is 0 Å². The molecule has 2 aliphatic heterocycles. The number of aromatic nitrogens is 2. The van der Waals surface area contributed by atoms with Crippen molar-refractivity contribution in [1.82, 2.24) is 9.97 Å². The fourth-order valence-corrected chi connectivity index (χ4v) is 4.99. The van der Waals surface area contributed by atoms with Crippen LogP contribution in [0.2, 0.25) is 0 Å². The van der Waals surface area contributed by atoms with Crippen LogP contribution in [0.4, 0.5) is 11.4 Å². The Morgan fingerprint density at radius 3 is 2.08 bits per heavy atom. The number of amides is 2. The number of carbonyl (C=O) groups is 2. The zero-order chi connectivity index (χ0) is 17.8. The summed E-state index contributed by atoms with van der Waals surface area (Å²) in [4.78, 5) is 44.3. The number of hydrogen-bond acceptors (Lipinski definition) is 5. The van der Waals surface area contributed by atoms with E-state index in [4.69, 9.17) is 0 Å². The van der Waals surface area contributed by atoms with Gasteiger partial charge in [0.25, 0.3) is 11.8 Å². The summed E-state index contributed by atoms with van der Waals surface area (Å²) in [5, 5.41) is 5.63. The number of aromatic amines is 2. The number of H-pyrrole nitrogens is 2. The number of rotatable bonds is 0. The van der Waals surface area contributed by atoms with Crippen molar-refractivity contribution >= 4 is 57.7 Å². The van der Waals surface area contributed by atoms with Crippen molar-refractivity contribution in [2.24, 2.45) is 0 Å². The van der Waals surface area contributed by atoms with Gasteiger partial charge >= 0.3 is 5.69 Å². The number of para-hydroxylation sites is 1. The normalized spacial score (nSPS) is 18.9. The monoisotopic (exact) mass is 382 g/mol. The van der Waals surface area contributed by atoms with E-state index in [1.165, 1.54) is 23.5 Å². The van der Waals surface area contributed by atoms with Crippen molar-refractivity contribution in [3.05, 3.63) is 56.7 Å². The minimum Gasteiger partial charge on any atom is -0.320 e. The van der Waals surface area contributed by atoms with E-state index in [9.17, 15) is 14.4 Å². The number of anilines is 2. The lowest BCUT2D eigenvalue weighted by Crippen LogP contribution is -2.24. The minimum atomic E-state index is -0.336. The summed E-state index contributed by atoms with van der Waals surface area (Å²) in [6.45, 7) is 0. The van der Waals surface area contributed by atoms with Gasteiger partial charge in [0, 0.05) is 9.79 Å². The number of thioether (sulfide) groups is 2. The molecule has 0 saturated carbocycles. The minimum absolute atomic E-state index is 0.300. The molecule has 2 amide bonds. The van der Waals surface area contributed by atoms with Gasteiger partial charge in [0.2, 0.25) is 0 Å². The van der Waals surface area contributed by atoms with E-state index < -0.39 is 0 Å². The fourth-order valence-electron chi connectivity index (χ4n) is 2.87. The molecule has 0 saturated heterocycles. The Balaban J connectivity index is 1.62. The molecule has 0 atom stereocenters. The van der Waals surface area contributed by atoms with Gasteiger partial charge in [-0.1, -0.05) is 35.7 Å². The Morgan fingerprint density at radius 2 is 1.31 bits per heavy atom. The third kappa shape index (κ3) is 2.36. The molecular weight excluding hydrogens is 372 g/mol. The second-order valence-corrected chi connectivity index (χ2v) is 7.84. The van der Waals surface area contributed by atoms with Crippen molar-refractivity contribution in [3.63, 3.8) is 0 Å². The third-order valence-corrected chi connectivity index (χ3v) is 6.49. The van der Waals surface area contributed by atoms with Crippen molar-refractivity contribution in [1.29, 1.82) is 0 Å². The molecule has 0 fully saturated rings. The van der Waals surface area contributed by atoms with Crippen molar-refractivity contribution < 1.29 is 9.59 Å². The molecule has 3 aromatic rings. The number of fused-ring (bicyclic) bond motifs is 3. The van der Waals surface area contributed by atoms with E-state index in [-0.39, 0.29) is 17.5 Å². The molecule has 4 N–H and O–H groups in total. The molecule has 0 spiro atoms. The Hall–Kier alpha value is -2.91. The van der Waals surface area contributed by atoms with Crippen LogP contribution in [0.3, 0.4) is 0 Å². The molecule has 0 bridgehead atoms. The third-order valence-electron chi connectivity index (χ3n) is 4.04. The highest BCUT2D eigenvalue weighted by molar-refractivity contribution is 8.08. The first-order valence-electron chi connectivity index (χ1n) is 7.66. The Labute approximate surface area is 154 Å². The number of hydrogen-bond donors (Lipinski definition) is 4. The maximum Gasteiger partial charge on any atom is 0.323 e. The number of benzene rings is 2. The standard InChI is InChI=1S/C17H10N4O3S2/c22-15-13(25-11-4-2-1-3-7(11)18-15)14-16(23)19-10-5-8-9(6-12(10)26-14)21-17(24)20-8/h1-6H,(H,18,22)(H,19,23)(H2,20,21,24)/b14-13-. The number of carbonyl (C=O) groups excluding carboxylic acids is 2. The van der Waals surface area contributed by atoms with Crippen LogP contribution in [0.25, 0.3) is 11.0 Å². The van der Waals surface area contributed by atoms with Gasteiger partial charge in [0.05, 0.1) is 32.2 Å². The molecule has 0 aliphatic carbocycles. The molecule has 7 nitrogen and oxygen atoms in total. The van der Waals surface area contributed by atoms with E-state index in [0.29, 0.717) is 26.5 Å². The van der Waals surface area contributed by atoms with Gasteiger partial charge in [-0.2, -0.15) is 0 Å². The molecule has 1 aromatic heterocycles. The van der Waals surface area contributed by atoms with Crippen molar-refractivity contribution in [2.75, 3.05) is 10.6 Å². The predicted octanol–water partition coefficient (Wildman–Crippen LogP) is 2.86. The molecule has 2 aromatic carbocycles. The van der Waals surface area contributed by atoms with E-state index in [2.05, 4.69) is 20.6 Å². The molecular formula is C17H10N4O3S2. The largest absolute Gasteiger partial charge is 0.323 e. The zero-order valence-corrected chi connectivity index (χ0v) is 14.6. The van der Waals surface area contributed by atoms with Gasteiger partial charge in [0.15, 0.2) is 0 Å². The second kappa shape index (κ2) is 5.55. The quantitative estimate of drug-likeness (QED) is 0.447. The molecule has 0 radical (unpaired) electrons. The average Bonchev–Trinajstić information content (AvgIpc) is 2.97. The van der Waals surface area contributed by atoms with Crippen LogP contribution >= 0.6 is 23.5 Å². The topological polar surface area (TPSA) is 107 Å². The molecule has 3 heterocycles. The van der Waals surface area contributed by atoms with Crippen LogP contribution in [0.5, 0.6) is 0 Å². The van der Waals surface area contributed by atoms with Gasteiger partial charge in [-0.05, 0) is 24.3 Å². The number of nitrogens with one attached hydrogen (secondary N) is 4. The fraction of sp³-hybridized carbons (Fsp3) is 0. The van der Waals surface area contributed by atoms with Gasteiger partial charge in [-0.25, -0.2) is 4.79 Å². The van der Waals surface area contributed by atoms with Crippen molar-refractivity contribution in [3.8, 4) is 0 Å². The van der Waals surface area contributed by atoms with Gasteiger partial charge in [0.1, 0.15) is 0 Å². The van der Waals surface area contributed by atoms with Crippen LogP contribution in [0.15, 0.2) is 60.8 Å². The van der Waals surface area contributed by atoms with E-state index >= 15 is 0 Å². The summed E-state index contributed by atoms with van der Waals surface area (Å²) >= 11 is 2.50. The molecule has 0 unspecified atom stereocenters. The molecule has 26 heavy (non-hydrogen) atoms. The van der Waals surface area contributed by atoms with E-state index in [1.54, 1.807) is 12.1 Å². The second-order valence-electron chi connectivity index (χ2n) is 5.74. The van der Waals surface area contributed by atoms with Crippen LogP contribution in [-0.2, 0) is 9.59 Å². The van der Waals surface area contributed by atoms with Crippen molar-refractivity contribution in [2.45, 2.75) is 9.79 Å². The first kappa shape index (κ1) is 15.4. The van der Waals surface area contributed by atoms with Crippen LogP contribution < -0.4 is 16.3 Å². The predicted molar refractivity (Wildman–Crippen MR) is 101 cm³/mol. The SMILES string of the molecule is O=C1Nc2ccccc2S/C1=C1\Sc2cc3[nH]c(=O)[nH]c3cc2NC1=O. The van der Waals surface area contributed by atoms with E-state index in [0.717, 1.165) is 15.5 Å². The summed E-state index contributed by atoms with van der Waals surface area (Å²) in [7, 11) is 0. The summed E-state index contributed by atoms with van der Waals surface area (Å²) < 4.78 is 0. The highest BCUT2D eigenvalue weighted by atomic mass is 32.2. The van der Waals surface area contributed by atoms with Crippen LogP contribution in [0, 0.1) is 0 Å². The number of imidazole rings is 1. The molecule has 5 rings (SSSR count). The summed E-state index contributed by atoms with van der Waals surface area (Å²) in [6, 6.07) is 10.9. The highest BCUT2D eigenvalue weighted by Gasteiger charge is 2.31.